The molecule has 0 saturated heterocycles. The molecule has 0 bridgehead atoms. The zero-order valence-corrected chi connectivity index (χ0v) is 7.92. The molecule has 1 aromatic carbocycles. The van der Waals surface area contributed by atoms with Gasteiger partial charge in [-0.3, -0.25) is 0 Å². The van der Waals surface area contributed by atoms with Crippen molar-refractivity contribution in [1.82, 2.24) is 5.01 Å². The molecule has 0 aliphatic rings. The van der Waals surface area contributed by atoms with Crippen LogP contribution < -0.4 is 0 Å². The predicted octanol–water partition coefficient (Wildman–Crippen LogP) is 2.24. The zero-order valence-electron chi connectivity index (χ0n) is 7.16. The molecule has 0 saturated carbocycles. The summed E-state index contributed by atoms with van der Waals surface area (Å²) in [5.74, 6) is 0. The van der Waals surface area contributed by atoms with E-state index in [9.17, 15) is 0 Å². The van der Waals surface area contributed by atoms with Crippen molar-refractivity contribution in [3.05, 3.63) is 34.9 Å². The molecule has 0 aromatic heterocycles. The molecular weight excluding hydrogens is 172 g/mol. The van der Waals surface area contributed by atoms with Crippen molar-refractivity contribution in [2.24, 2.45) is 5.10 Å². The summed E-state index contributed by atoms with van der Waals surface area (Å²) < 4.78 is 0. The van der Waals surface area contributed by atoms with E-state index in [2.05, 4.69) is 5.10 Å². The van der Waals surface area contributed by atoms with Gasteiger partial charge in [0.05, 0.1) is 6.21 Å². The zero-order chi connectivity index (χ0) is 8.97. The van der Waals surface area contributed by atoms with Gasteiger partial charge in [0.15, 0.2) is 0 Å². The summed E-state index contributed by atoms with van der Waals surface area (Å²) in [4.78, 5) is 0. The molecule has 0 radical (unpaired) electrons. The van der Waals surface area contributed by atoms with E-state index in [1.165, 1.54) is 0 Å². The molecule has 64 valence electrons. The van der Waals surface area contributed by atoms with E-state index in [0.29, 0.717) is 0 Å². The molecule has 12 heavy (non-hydrogen) atoms. The van der Waals surface area contributed by atoms with Crippen LogP contribution in [-0.4, -0.2) is 25.3 Å². The summed E-state index contributed by atoms with van der Waals surface area (Å²) in [6.07, 6.45) is 1.77. The molecule has 1 aromatic rings. The van der Waals surface area contributed by atoms with Gasteiger partial charge in [-0.1, -0.05) is 23.7 Å². The average Bonchev–Trinajstić information content (AvgIpc) is 2.01. The first kappa shape index (κ1) is 9.07. The summed E-state index contributed by atoms with van der Waals surface area (Å²) >= 11 is 5.78. The smallest absolute Gasteiger partial charge is 0.0543 e. The van der Waals surface area contributed by atoms with Crippen LogP contribution in [0.5, 0.6) is 0 Å². The van der Waals surface area contributed by atoms with Crippen molar-refractivity contribution >= 4 is 17.8 Å². The Labute approximate surface area is 77.5 Å². The van der Waals surface area contributed by atoms with Crippen molar-refractivity contribution in [1.29, 1.82) is 0 Å². The van der Waals surface area contributed by atoms with Gasteiger partial charge in [-0.2, -0.15) is 5.10 Å². The fourth-order valence-electron chi connectivity index (χ4n) is 0.769. The molecule has 0 unspecified atom stereocenters. The number of halogens is 1. The number of hydrogen-bond donors (Lipinski definition) is 0. The summed E-state index contributed by atoms with van der Waals surface area (Å²) in [7, 11) is 3.75. The third kappa shape index (κ3) is 2.93. The molecule has 0 atom stereocenters. The number of nitrogens with zero attached hydrogens (tertiary/aromatic N) is 2. The summed E-state index contributed by atoms with van der Waals surface area (Å²) in [5, 5.41) is 6.56. The standard InChI is InChI=1S/C9H11ClN2/c1-12(2)11-7-8-4-3-5-9(10)6-8/h3-7H,1-2H3/b11-7+. The van der Waals surface area contributed by atoms with Gasteiger partial charge in [0.2, 0.25) is 0 Å². The Bertz CT molecular complexity index is 282. The maximum atomic E-state index is 5.78. The lowest BCUT2D eigenvalue weighted by Gasteiger charge is -2.01. The van der Waals surface area contributed by atoms with Crippen LogP contribution in [0.4, 0.5) is 0 Å². The van der Waals surface area contributed by atoms with E-state index in [0.717, 1.165) is 10.6 Å². The highest BCUT2D eigenvalue weighted by molar-refractivity contribution is 6.30. The van der Waals surface area contributed by atoms with Crippen molar-refractivity contribution in [3.8, 4) is 0 Å². The average molecular weight is 183 g/mol. The normalized spacial score (nSPS) is 10.6. The summed E-state index contributed by atoms with van der Waals surface area (Å²) in [5.41, 5.74) is 1.01. The highest BCUT2D eigenvalue weighted by Gasteiger charge is 1.88. The van der Waals surface area contributed by atoms with E-state index < -0.39 is 0 Å². The summed E-state index contributed by atoms with van der Waals surface area (Å²) in [6.45, 7) is 0. The minimum absolute atomic E-state index is 0.734. The van der Waals surface area contributed by atoms with Crippen LogP contribution in [0.25, 0.3) is 0 Å². The molecule has 2 nitrogen and oxygen atoms in total. The second-order valence-corrected chi connectivity index (χ2v) is 3.08. The van der Waals surface area contributed by atoms with Crippen molar-refractivity contribution in [2.75, 3.05) is 14.1 Å². The quantitative estimate of drug-likeness (QED) is 0.506. The summed E-state index contributed by atoms with van der Waals surface area (Å²) in [6, 6.07) is 7.57. The minimum atomic E-state index is 0.734. The van der Waals surface area contributed by atoms with Crippen molar-refractivity contribution < 1.29 is 0 Å². The Kier molecular flexibility index (Phi) is 3.11. The molecule has 1 rings (SSSR count). The highest BCUT2D eigenvalue weighted by atomic mass is 35.5. The maximum Gasteiger partial charge on any atom is 0.0543 e. The molecule has 0 aliphatic heterocycles. The maximum absolute atomic E-state index is 5.78. The fourth-order valence-corrected chi connectivity index (χ4v) is 0.968. The Balaban J connectivity index is 2.76. The van der Waals surface area contributed by atoms with Gasteiger partial charge in [-0.15, -0.1) is 0 Å². The first-order chi connectivity index (χ1) is 5.68. The van der Waals surface area contributed by atoms with Crippen LogP contribution >= 0.6 is 11.6 Å². The first-order valence-electron chi connectivity index (χ1n) is 3.65. The molecular formula is C9H11ClN2. The lowest BCUT2D eigenvalue weighted by molar-refractivity contribution is 0.440. The number of benzene rings is 1. The lowest BCUT2D eigenvalue weighted by atomic mass is 10.2. The Morgan fingerprint density at radius 3 is 2.75 bits per heavy atom. The van der Waals surface area contributed by atoms with Crippen LogP contribution in [0.2, 0.25) is 5.02 Å². The van der Waals surface area contributed by atoms with Gasteiger partial charge in [0.25, 0.3) is 0 Å². The van der Waals surface area contributed by atoms with E-state index in [1.807, 2.05) is 38.4 Å². The van der Waals surface area contributed by atoms with E-state index in [1.54, 1.807) is 11.2 Å². The molecule has 3 heteroatoms. The number of hydrogen-bond acceptors (Lipinski definition) is 2. The van der Waals surface area contributed by atoms with Crippen LogP contribution in [0.15, 0.2) is 29.4 Å². The Morgan fingerprint density at radius 1 is 1.42 bits per heavy atom. The van der Waals surface area contributed by atoms with Crippen LogP contribution in [0.1, 0.15) is 5.56 Å². The lowest BCUT2D eigenvalue weighted by Crippen LogP contribution is -2.01. The van der Waals surface area contributed by atoms with E-state index >= 15 is 0 Å². The van der Waals surface area contributed by atoms with Gasteiger partial charge >= 0.3 is 0 Å². The van der Waals surface area contributed by atoms with Gasteiger partial charge in [-0.05, 0) is 17.7 Å². The predicted molar refractivity (Wildman–Crippen MR) is 52.7 cm³/mol. The number of rotatable bonds is 2. The fraction of sp³-hybridized carbons (Fsp3) is 0.222. The van der Waals surface area contributed by atoms with E-state index in [-0.39, 0.29) is 0 Å². The monoisotopic (exact) mass is 182 g/mol. The van der Waals surface area contributed by atoms with Gasteiger partial charge in [0, 0.05) is 19.1 Å². The van der Waals surface area contributed by atoms with Crippen molar-refractivity contribution in [2.45, 2.75) is 0 Å². The Hall–Kier alpha value is -1.02. The molecule has 0 spiro atoms. The molecule has 0 N–H and O–H groups in total. The van der Waals surface area contributed by atoms with Gasteiger partial charge in [-0.25, -0.2) is 0 Å². The second kappa shape index (κ2) is 4.12. The molecule has 0 amide bonds. The van der Waals surface area contributed by atoms with Crippen LogP contribution in [-0.2, 0) is 0 Å². The second-order valence-electron chi connectivity index (χ2n) is 2.65. The molecule has 0 heterocycles. The minimum Gasteiger partial charge on any atom is -0.303 e. The van der Waals surface area contributed by atoms with Crippen LogP contribution in [0, 0.1) is 0 Å². The third-order valence-electron chi connectivity index (χ3n) is 1.29. The molecule has 0 aliphatic carbocycles. The van der Waals surface area contributed by atoms with Gasteiger partial charge in [0.1, 0.15) is 0 Å². The van der Waals surface area contributed by atoms with Crippen LogP contribution in [0.3, 0.4) is 0 Å². The first-order valence-corrected chi connectivity index (χ1v) is 4.03. The largest absolute Gasteiger partial charge is 0.303 e. The topological polar surface area (TPSA) is 15.6 Å². The van der Waals surface area contributed by atoms with Gasteiger partial charge < -0.3 is 5.01 Å². The SMILES string of the molecule is CN(C)/N=C/c1cccc(Cl)c1. The number of hydrazone groups is 1. The van der Waals surface area contributed by atoms with E-state index in [4.69, 9.17) is 11.6 Å². The van der Waals surface area contributed by atoms with Crippen molar-refractivity contribution in [3.63, 3.8) is 0 Å². The third-order valence-corrected chi connectivity index (χ3v) is 1.52. The Morgan fingerprint density at radius 2 is 2.17 bits per heavy atom. The highest BCUT2D eigenvalue weighted by Crippen LogP contribution is 2.08. The molecule has 0 fully saturated rings.